The van der Waals surface area contributed by atoms with Crippen molar-refractivity contribution in [2.75, 3.05) is 5.32 Å². The van der Waals surface area contributed by atoms with Crippen molar-refractivity contribution in [3.63, 3.8) is 0 Å². The van der Waals surface area contributed by atoms with Crippen LogP contribution in [-0.4, -0.2) is 30.5 Å². The van der Waals surface area contributed by atoms with Crippen LogP contribution in [0.25, 0.3) is 38.9 Å². The Labute approximate surface area is 194 Å². The van der Waals surface area contributed by atoms with Gasteiger partial charge in [0.2, 0.25) is 0 Å². The monoisotopic (exact) mass is 442 g/mol. The van der Waals surface area contributed by atoms with Gasteiger partial charge in [-0.15, -0.1) is 0 Å². The van der Waals surface area contributed by atoms with Gasteiger partial charge >= 0.3 is 0 Å². The lowest BCUT2D eigenvalue weighted by molar-refractivity contribution is 0.102. The molecule has 0 fully saturated rings. The molecule has 162 valence electrons. The summed E-state index contributed by atoms with van der Waals surface area (Å²) < 4.78 is 1.81. The number of fused-ring (bicyclic) bond motifs is 2. The number of nitrogens with zero attached hydrogens (tertiary/aromatic N) is 5. The van der Waals surface area contributed by atoms with Crippen molar-refractivity contribution in [1.29, 1.82) is 0 Å². The van der Waals surface area contributed by atoms with E-state index in [-0.39, 0.29) is 5.91 Å². The fourth-order valence-electron chi connectivity index (χ4n) is 4.02. The molecule has 0 saturated heterocycles. The smallest absolute Gasteiger partial charge is 0.274 e. The molecule has 0 aliphatic heterocycles. The van der Waals surface area contributed by atoms with Crippen LogP contribution in [0.4, 0.5) is 5.69 Å². The van der Waals surface area contributed by atoms with E-state index in [0.717, 1.165) is 38.9 Å². The quantitative estimate of drug-likeness (QED) is 0.403. The lowest BCUT2D eigenvalue weighted by Crippen LogP contribution is -2.14. The second kappa shape index (κ2) is 8.22. The van der Waals surface area contributed by atoms with Crippen molar-refractivity contribution in [3.05, 3.63) is 109 Å². The molecule has 0 saturated carbocycles. The van der Waals surface area contributed by atoms with Gasteiger partial charge in [-0.1, -0.05) is 36.4 Å². The molecular formula is C27H18N6O. The van der Waals surface area contributed by atoms with Crippen molar-refractivity contribution < 1.29 is 4.79 Å². The maximum absolute atomic E-state index is 13.0. The van der Waals surface area contributed by atoms with Gasteiger partial charge in [-0.25, -0.2) is 9.50 Å². The van der Waals surface area contributed by atoms with E-state index >= 15 is 0 Å². The number of pyridine rings is 2. The number of benzene rings is 2. The molecule has 0 aliphatic carbocycles. The number of rotatable bonds is 4. The Morgan fingerprint density at radius 2 is 1.62 bits per heavy atom. The summed E-state index contributed by atoms with van der Waals surface area (Å²) in [6.07, 6.45) is 6.89. The number of amides is 1. The summed E-state index contributed by atoms with van der Waals surface area (Å²) in [4.78, 5) is 25.9. The third-order valence-electron chi connectivity index (χ3n) is 5.64. The fourth-order valence-corrected chi connectivity index (χ4v) is 4.02. The third kappa shape index (κ3) is 3.55. The van der Waals surface area contributed by atoms with Crippen molar-refractivity contribution in [2.45, 2.75) is 0 Å². The Kier molecular flexibility index (Phi) is 4.77. The molecule has 0 unspecified atom stereocenters. The summed E-state index contributed by atoms with van der Waals surface area (Å²) in [5, 5.41) is 9.53. The van der Waals surface area contributed by atoms with E-state index < -0.39 is 0 Å². The molecule has 4 aromatic heterocycles. The number of anilines is 1. The Morgan fingerprint density at radius 3 is 2.53 bits per heavy atom. The number of hydrogen-bond donors (Lipinski definition) is 1. The highest BCUT2D eigenvalue weighted by Gasteiger charge is 2.14. The first-order chi connectivity index (χ1) is 16.8. The minimum Gasteiger partial charge on any atom is -0.321 e. The van der Waals surface area contributed by atoms with Crippen LogP contribution in [0.15, 0.2) is 104 Å². The lowest BCUT2D eigenvalue weighted by atomic mass is 10.1. The summed E-state index contributed by atoms with van der Waals surface area (Å²) >= 11 is 0. The van der Waals surface area contributed by atoms with Crippen molar-refractivity contribution in [1.82, 2.24) is 24.6 Å². The van der Waals surface area contributed by atoms with Gasteiger partial charge in [0, 0.05) is 53.1 Å². The largest absolute Gasteiger partial charge is 0.321 e. The van der Waals surface area contributed by atoms with Crippen LogP contribution in [0.2, 0.25) is 0 Å². The minimum absolute atomic E-state index is 0.257. The van der Waals surface area contributed by atoms with Gasteiger partial charge in [0.15, 0.2) is 5.65 Å². The second-order valence-electron chi connectivity index (χ2n) is 7.78. The number of carbonyl (C=O) groups is 1. The molecule has 1 amide bonds. The number of nitrogens with one attached hydrogen (secondary N) is 1. The third-order valence-corrected chi connectivity index (χ3v) is 5.64. The van der Waals surface area contributed by atoms with Crippen LogP contribution in [-0.2, 0) is 0 Å². The number of carbonyl (C=O) groups excluding carboxylic acids is 1. The normalized spacial score (nSPS) is 11.1. The van der Waals surface area contributed by atoms with Crippen molar-refractivity contribution in [2.24, 2.45) is 0 Å². The van der Waals surface area contributed by atoms with Gasteiger partial charge in [-0.05, 0) is 41.8 Å². The molecule has 6 rings (SSSR count). The standard InChI is InChI=1S/C27H18N6O/c34-27(26-22-7-2-1-4-18(22)10-14-30-26)31-21-6-3-5-20(16-21)24-11-15-29-25-17-23(32-33(24)25)19-8-12-28-13-9-19/h1-17H,(H,31,34). The van der Waals surface area contributed by atoms with Crippen LogP contribution in [0.1, 0.15) is 10.5 Å². The fraction of sp³-hybridized carbons (Fsp3) is 0. The first kappa shape index (κ1) is 19.8. The Hall–Kier alpha value is -4.91. The van der Waals surface area contributed by atoms with Gasteiger partial charge in [-0.2, -0.15) is 5.10 Å². The van der Waals surface area contributed by atoms with E-state index in [9.17, 15) is 4.79 Å². The topological polar surface area (TPSA) is 85.1 Å². The van der Waals surface area contributed by atoms with E-state index in [1.165, 1.54) is 0 Å². The maximum atomic E-state index is 13.0. The average molecular weight is 442 g/mol. The van der Waals surface area contributed by atoms with Gasteiger partial charge in [0.25, 0.3) is 5.91 Å². The minimum atomic E-state index is -0.257. The summed E-state index contributed by atoms with van der Waals surface area (Å²) in [5.74, 6) is -0.257. The first-order valence-electron chi connectivity index (χ1n) is 10.8. The Morgan fingerprint density at radius 1 is 0.765 bits per heavy atom. The zero-order chi connectivity index (χ0) is 22.9. The van der Waals surface area contributed by atoms with Crippen LogP contribution >= 0.6 is 0 Å². The van der Waals surface area contributed by atoms with Gasteiger partial charge < -0.3 is 5.32 Å². The zero-order valence-electron chi connectivity index (χ0n) is 18.0. The second-order valence-corrected chi connectivity index (χ2v) is 7.78. The molecule has 7 nitrogen and oxygen atoms in total. The maximum Gasteiger partial charge on any atom is 0.274 e. The Bertz CT molecular complexity index is 1650. The summed E-state index contributed by atoms with van der Waals surface area (Å²) in [5.41, 5.74) is 5.35. The predicted octanol–water partition coefficient (Wildman–Crippen LogP) is 5.26. The van der Waals surface area contributed by atoms with Crippen LogP contribution in [0.3, 0.4) is 0 Å². The first-order valence-corrected chi connectivity index (χ1v) is 10.8. The van der Waals surface area contributed by atoms with E-state index in [1.54, 1.807) is 24.8 Å². The molecule has 0 bridgehead atoms. The van der Waals surface area contributed by atoms with E-state index in [4.69, 9.17) is 5.10 Å². The molecule has 7 heteroatoms. The van der Waals surface area contributed by atoms with Crippen LogP contribution in [0, 0.1) is 0 Å². The molecule has 4 heterocycles. The van der Waals surface area contributed by atoms with E-state index in [2.05, 4.69) is 20.3 Å². The Balaban J connectivity index is 1.35. The summed E-state index contributed by atoms with van der Waals surface area (Å²) in [6, 6.07) is 25.0. The van der Waals surface area contributed by atoms with Crippen molar-refractivity contribution in [3.8, 4) is 22.5 Å². The molecule has 0 aliphatic rings. The van der Waals surface area contributed by atoms with Crippen LogP contribution < -0.4 is 5.32 Å². The molecule has 1 N–H and O–H groups in total. The molecule has 6 aromatic rings. The highest BCUT2D eigenvalue weighted by atomic mass is 16.1. The predicted molar refractivity (Wildman–Crippen MR) is 131 cm³/mol. The van der Waals surface area contributed by atoms with Crippen LogP contribution in [0.5, 0.6) is 0 Å². The summed E-state index contributed by atoms with van der Waals surface area (Å²) in [6.45, 7) is 0. The lowest BCUT2D eigenvalue weighted by Gasteiger charge is -2.10. The zero-order valence-corrected chi connectivity index (χ0v) is 18.0. The molecule has 2 aromatic carbocycles. The van der Waals surface area contributed by atoms with Gasteiger partial charge in [0.05, 0.1) is 11.4 Å². The molecular weight excluding hydrogens is 424 g/mol. The average Bonchev–Trinajstić information content (AvgIpc) is 3.34. The summed E-state index contributed by atoms with van der Waals surface area (Å²) in [7, 11) is 0. The SMILES string of the molecule is O=C(Nc1cccc(-c2ccnc3cc(-c4ccncc4)nn23)c1)c1nccc2ccccc12. The van der Waals surface area contributed by atoms with E-state index in [0.29, 0.717) is 11.4 Å². The molecule has 0 spiro atoms. The highest BCUT2D eigenvalue weighted by Crippen LogP contribution is 2.26. The van der Waals surface area contributed by atoms with E-state index in [1.807, 2.05) is 83.4 Å². The molecule has 0 atom stereocenters. The van der Waals surface area contributed by atoms with Gasteiger partial charge in [0.1, 0.15) is 5.69 Å². The van der Waals surface area contributed by atoms with Gasteiger partial charge in [-0.3, -0.25) is 14.8 Å². The van der Waals surface area contributed by atoms with Crippen molar-refractivity contribution >= 4 is 28.0 Å². The molecule has 34 heavy (non-hydrogen) atoms. The highest BCUT2D eigenvalue weighted by molar-refractivity contribution is 6.11. The number of hydrogen-bond acceptors (Lipinski definition) is 5. The molecule has 0 radical (unpaired) electrons. The number of aromatic nitrogens is 5.